The fraction of sp³-hybridized carbons (Fsp3) is 0.348. The molecule has 314 valence electrons. The average Bonchev–Trinajstić information content (AvgIpc) is 3.18. The maximum atomic E-state index is 12.8. The molecule has 4 aromatic carbocycles. The maximum absolute atomic E-state index is 12.8. The Morgan fingerprint density at radius 1 is 0.610 bits per heavy atom. The number of unbranched alkanes of at least 4 members (excludes halogenated alkanes) is 1. The van der Waals surface area contributed by atoms with Gasteiger partial charge in [0.05, 0.1) is 11.1 Å². The minimum atomic E-state index is -1.13. The highest BCUT2D eigenvalue weighted by Crippen LogP contribution is 2.19. The molecule has 4 rings (SSSR count). The van der Waals surface area contributed by atoms with E-state index in [1.165, 1.54) is 0 Å². The van der Waals surface area contributed by atoms with E-state index in [2.05, 4.69) is 10.6 Å². The summed E-state index contributed by atoms with van der Waals surface area (Å²) in [5, 5.41) is 14.5. The number of Topliss-reactive ketones (excluding diaryl/α,β-unsaturated/α-hetero) is 1. The van der Waals surface area contributed by atoms with Crippen LogP contribution < -0.4 is 16.4 Å². The number of benzene rings is 4. The Balaban J connectivity index is 0.000000317. The molecule has 0 radical (unpaired) electrons. The van der Waals surface area contributed by atoms with Crippen molar-refractivity contribution in [3.8, 4) is 0 Å². The van der Waals surface area contributed by atoms with Gasteiger partial charge in [0.15, 0.2) is 13.2 Å². The first kappa shape index (κ1) is 47.0. The molecule has 0 aliphatic rings. The number of nitrogens with two attached hydrogens (primary N) is 1. The number of carbonyl (C=O) groups is 6. The Morgan fingerprint density at radius 2 is 1.07 bits per heavy atom. The van der Waals surface area contributed by atoms with Gasteiger partial charge in [-0.05, 0) is 101 Å². The van der Waals surface area contributed by atoms with E-state index in [-0.39, 0.29) is 19.4 Å². The van der Waals surface area contributed by atoms with Gasteiger partial charge in [-0.1, -0.05) is 96.1 Å². The van der Waals surface area contributed by atoms with E-state index < -0.39 is 61.0 Å². The van der Waals surface area contributed by atoms with Crippen molar-refractivity contribution in [2.75, 3.05) is 19.8 Å². The van der Waals surface area contributed by atoms with Gasteiger partial charge in [0, 0.05) is 6.42 Å². The lowest BCUT2D eigenvalue weighted by Crippen LogP contribution is -2.52. The molecule has 0 heterocycles. The highest BCUT2D eigenvalue weighted by molar-refractivity contribution is 5.96. The Morgan fingerprint density at radius 3 is 1.51 bits per heavy atom. The second kappa shape index (κ2) is 23.8. The Hall–Kier alpha value is -6.34. The lowest BCUT2D eigenvalue weighted by Gasteiger charge is -2.21. The van der Waals surface area contributed by atoms with Crippen LogP contribution in [0.25, 0.3) is 0 Å². The topological polar surface area (TPSA) is 200 Å². The summed E-state index contributed by atoms with van der Waals surface area (Å²) < 4.78 is 15.4. The number of hydrogen-bond donors (Lipinski definition) is 4. The second-order valence-corrected chi connectivity index (χ2v) is 14.4. The fourth-order valence-electron chi connectivity index (χ4n) is 6.47. The normalized spacial score (nSPS) is 11.5. The van der Waals surface area contributed by atoms with Gasteiger partial charge in [0.1, 0.15) is 18.7 Å². The molecule has 2 atom stereocenters. The van der Waals surface area contributed by atoms with Gasteiger partial charge in [-0.3, -0.25) is 9.59 Å². The van der Waals surface area contributed by atoms with E-state index >= 15 is 0 Å². The quantitative estimate of drug-likeness (QED) is 0.0497. The number of carboxylic acid groups (broad SMARTS) is 1. The summed E-state index contributed by atoms with van der Waals surface area (Å²) in [5.74, 6) is -3.30. The van der Waals surface area contributed by atoms with E-state index in [1.54, 1.807) is 0 Å². The first-order chi connectivity index (χ1) is 28.1. The zero-order chi connectivity index (χ0) is 43.5. The molecule has 0 saturated carbocycles. The molecule has 4 aromatic rings. The van der Waals surface area contributed by atoms with Crippen LogP contribution in [0.1, 0.15) is 84.5 Å². The summed E-state index contributed by atoms with van der Waals surface area (Å²) in [7, 11) is 0. The summed E-state index contributed by atoms with van der Waals surface area (Å²) in [5.41, 5.74) is 13.3. The number of rotatable bonds is 18. The van der Waals surface area contributed by atoms with Crippen molar-refractivity contribution in [1.82, 2.24) is 10.6 Å². The zero-order valence-electron chi connectivity index (χ0n) is 34.6. The molecule has 0 spiro atoms. The molecular formula is C46H55N3O10. The number of esters is 2. The SMILES string of the molecule is Cc1cc(C)c(C(=O)OCC(=O)COC(=O)c2c(C)cc(C)cc2C)c(C)c1.NCCCC[C@H](NC(=O)[C@H](Cc1ccccc1)NC(=O)OCc1ccccc1)C(=O)O. The van der Waals surface area contributed by atoms with Gasteiger partial charge >= 0.3 is 24.0 Å². The third kappa shape index (κ3) is 15.8. The van der Waals surface area contributed by atoms with Gasteiger partial charge in [-0.25, -0.2) is 19.2 Å². The fourth-order valence-corrected chi connectivity index (χ4v) is 6.47. The first-order valence-electron chi connectivity index (χ1n) is 19.4. The van der Waals surface area contributed by atoms with Gasteiger partial charge < -0.3 is 35.7 Å². The summed E-state index contributed by atoms with van der Waals surface area (Å²) in [4.78, 5) is 73.3. The monoisotopic (exact) mass is 809 g/mol. The minimum absolute atomic E-state index is 0.0587. The number of ketones is 1. The maximum Gasteiger partial charge on any atom is 0.408 e. The van der Waals surface area contributed by atoms with Crippen molar-refractivity contribution >= 4 is 35.7 Å². The van der Waals surface area contributed by atoms with E-state index in [1.807, 2.05) is 126 Å². The van der Waals surface area contributed by atoms with Crippen molar-refractivity contribution < 1.29 is 48.1 Å². The van der Waals surface area contributed by atoms with Crippen molar-refractivity contribution in [2.45, 2.75) is 85.9 Å². The average molecular weight is 810 g/mol. The van der Waals surface area contributed by atoms with Crippen LogP contribution in [0, 0.1) is 41.5 Å². The molecular weight excluding hydrogens is 755 g/mol. The second-order valence-electron chi connectivity index (χ2n) is 14.4. The molecule has 0 fully saturated rings. The Kier molecular flexibility index (Phi) is 19.0. The van der Waals surface area contributed by atoms with E-state index in [4.69, 9.17) is 19.9 Å². The van der Waals surface area contributed by atoms with Gasteiger partial charge in [-0.15, -0.1) is 0 Å². The van der Waals surface area contributed by atoms with Crippen LogP contribution in [-0.2, 0) is 41.6 Å². The van der Waals surface area contributed by atoms with Crippen LogP contribution in [0.15, 0.2) is 84.9 Å². The Bertz CT molecular complexity index is 1950. The number of aliphatic carboxylic acids is 1. The van der Waals surface area contributed by atoms with Crippen LogP contribution in [0.4, 0.5) is 4.79 Å². The highest BCUT2D eigenvalue weighted by Gasteiger charge is 2.27. The molecule has 13 heteroatoms. The standard InChI is InChI=1S/C23H29N3O5.C23H26O5/c24-14-8-7-13-19(22(28)29)25-21(27)20(15-17-9-3-1-4-10-17)26-23(30)31-16-18-11-5-2-6-12-18;1-13-7-15(3)20(16(4)8-13)22(25)27-11-19(24)12-28-23(26)21-17(5)9-14(2)10-18(21)6/h1-6,9-12,19-20H,7-8,13-16,24H2,(H,25,27)(H,26,30)(H,28,29);7-10H,11-12H2,1-6H3/t19-,20-;/m0./s1. The molecule has 59 heavy (non-hydrogen) atoms. The van der Waals surface area contributed by atoms with Crippen LogP contribution in [0.3, 0.4) is 0 Å². The van der Waals surface area contributed by atoms with Crippen molar-refractivity contribution in [3.05, 3.63) is 141 Å². The van der Waals surface area contributed by atoms with Gasteiger partial charge in [0.2, 0.25) is 11.7 Å². The number of carboxylic acids is 1. The molecule has 0 bridgehead atoms. The predicted molar refractivity (Wildman–Crippen MR) is 223 cm³/mol. The number of ether oxygens (including phenoxy) is 3. The third-order valence-corrected chi connectivity index (χ3v) is 9.16. The summed E-state index contributed by atoms with van der Waals surface area (Å²) in [6.07, 6.45) is 0.938. The molecule has 5 N–H and O–H groups in total. The lowest BCUT2D eigenvalue weighted by atomic mass is 10.00. The number of nitrogens with one attached hydrogen (secondary N) is 2. The minimum Gasteiger partial charge on any atom is -0.480 e. The predicted octanol–water partition coefficient (Wildman–Crippen LogP) is 6.34. The van der Waals surface area contributed by atoms with Crippen LogP contribution in [0.5, 0.6) is 0 Å². The summed E-state index contributed by atoms with van der Waals surface area (Å²) >= 11 is 0. The number of alkyl carbamates (subject to hydrolysis) is 1. The molecule has 13 nitrogen and oxygen atoms in total. The van der Waals surface area contributed by atoms with Crippen LogP contribution >= 0.6 is 0 Å². The van der Waals surface area contributed by atoms with E-state index in [0.29, 0.717) is 30.5 Å². The molecule has 2 amide bonds. The van der Waals surface area contributed by atoms with Crippen LogP contribution in [-0.4, -0.2) is 72.6 Å². The van der Waals surface area contributed by atoms with Gasteiger partial charge in [0.25, 0.3) is 0 Å². The largest absolute Gasteiger partial charge is 0.480 e. The zero-order valence-corrected chi connectivity index (χ0v) is 34.6. The van der Waals surface area contributed by atoms with E-state index in [9.17, 15) is 33.9 Å². The number of aryl methyl sites for hydroxylation is 6. The van der Waals surface area contributed by atoms with E-state index in [0.717, 1.165) is 44.5 Å². The molecule has 0 unspecified atom stereocenters. The lowest BCUT2D eigenvalue weighted by molar-refractivity contribution is -0.142. The summed E-state index contributed by atoms with van der Waals surface area (Å²) in [6.45, 7) is 10.8. The molecule has 0 aliphatic heterocycles. The molecule has 0 aliphatic carbocycles. The van der Waals surface area contributed by atoms with Crippen LogP contribution in [0.2, 0.25) is 0 Å². The van der Waals surface area contributed by atoms with Crippen molar-refractivity contribution in [2.24, 2.45) is 5.73 Å². The third-order valence-electron chi connectivity index (χ3n) is 9.16. The van der Waals surface area contributed by atoms with Crippen molar-refractivity contribution in [1.29, 1.82) is 0 Å². The van der Waals surface area contributed by atoms with Gasteiger partial charge in [-0.2, -0.15) is 0 Å². The Labute approximate surface area is 345 Å². The number of amides is 2. The number of carbonyl (C=O) groups excluding carboxylic acids is 5. The van der Waals surface area contributed by atoms with Crippen molar-refractivity contribution in [3.63, 3.8) is 0 Å². The highest BCUT2D eigenvalue weighted by atomic mass is 16.6. The first-order valence-corrected chi connectivity index (χ1v) is 19.4. The smallest absolute Gasteiger partial charge is 0.408 e. The molecule has 0 saturated heterocycles. The molecule has 0 aromatic heterocycles. The number of hydrogen-bond acceptors (Lipinski definition) is 10. The summed E-state index contributed by atoms with van der Waals surface area (Å²) in [6, 6.07) is 23.8.